The molecule has 0 radical (unpaired) electrons. The predicted molar refractivity (Wildman–Crippen MR) is 97.6 cm³/mol. The number of benzene rings is 2. The number of hydrogen-bond acceptors (Lipinski definition) is 5. The van der Waals surface area contributed by atoms with Crippen LogP contribution in [-0.4, -0.2) is 32.2 Å². The first-order chi connectivity index (χ1) is 12.2. The number of allylic oxidation sites excluding steroid dienone is 1. The van der Waals surface area contributed by atoms with Gasteiger partial charge in [-0.25, -0.2) is 4.57 Å². The first-order valence-electron chi connectivity index (χ1n) is 7.62. The van der Waals surface area contributed by atoms with E-state index >= 15 is 0 Å². The van der Waals surface area contributed by atoms with Crippen molar-refractivity contribution in [1.29, 1.82) is 0 Å². The van der Waals surface area contributed by atoms with Crippen molar-refractivity contribution in [2.75, 3.05) is 5.75 Å². The maximum Gasteiger partial charge on any atom is 0.258 e. The molecule has 0 fully saturated rings. The molecule has 5 nitrogen and oxygen atoms in total. The number of hydrogen-bond donors (Lipinski definition) is 0. The maximum absolute atomic E-state index is 12.3. The van der Waals surface area contributed by atoms with Crippen molar-refractivity contribution in [1.82, 2.24) is 14.8 Å². The molecule has 3 aromatic rings. The Morgan fingerprint density at radius 2 is 1.68 bits per heavy atom. The summed E-state index contributed by atoms with van der Waals surface area (Å²) in [7, 11) is 0. The summed E-state index contributed by atoms with van der Waals surface area (Å²) in [6.45, 7) is 0. The summed E-state index contributed by atoms with van der Waals surface area (Å²) in [5.41, 5.74) is 1.56. The van der Waals surface area contributed by atoms with Gasteiger partial charge in [-0.15, -0.1) is 10.2 Å². The van der Waals surface area contributed by atoms with Gasteiger partial charge in [0, 0.05) is 11.6 Å². The zero-order valence-corrected chi connectivity index (χ0v) is 14.1. The Labute approximate surface area is 149 Å². The third-order valence-corrected chi connectivity index (χ3v) is 4.34. The minimum Gasteiger partial charge on any atom is -0.293 e. The summed E-state index contributed by atoms with van der Waals surface area (Å²) >= 11 is 1.19. The monoisotopic (exact) mass is 349 g/mol. The topological polar surface area (TPSA) is 64.8 Å². The van der Waals surface area contributed by atoms with Gasteiger partial charge in [0.2, 0.25) is 0 Å². The van der Waals surface area contributed by atoms with Gasteiger partial charge in [-0.05, 0) is 11.6 Å². The van der Waals surface area contributed by atoms with E-state index in [-0.39, 0.29) is 17.4 Å². The minimum atomic E-state index is -0.261. The molecule has 0 saturated carbocycles. The average Bonchev–Trinajstić information content (AvgIpc) is 3.14. The molecular weight excluding hydrogens is 334 g/mol. The van der Waals surface area contributed by atoms with Crippen molar-refractivity contribution in [2.45, 2.75) is 5.16 Å². The van der Waals surface area contributed by atoms with Crippen LogP contribution >= 0.6 is 11.8 Å². The van der Waals surface area contributed by atoms with Crippen molar-refractivity contribution in [2.24, 2.45) is 0 Å². The van der Waals surface area contributed by atoms with Gasteiger partial charge in [-0.3, -0.25) is 9.59 Å². The maximum atomic E-state index is 12.3. The van der Waals surface area contributed by atoms with E-state index in [0.717, 1.165) is 5.56 Å². The van der Waals surface area contributed by atoms with E-state index in [2.05, 4.69) is 10.2 Å². The second-order valence-corrected chi connectivity index (χ2v) is 6.09. The molecule has 0 N–H and O–H groups in total. The number of Topliss-reactive ketones (excluding diaryl/α,β-unsaturated/α-hetero) is 1. The molecule has 124 valence electrons. The SMILES string of the molecule is O=C(CSc1nncn1C(=O)/C=C/c1ccccc1)c1ccccc1. The van der Waals surface area contributed by atoms with Crippen LogP contribution < -0.4 is 0 Å². The molecule has 0 unspecified atom stereocenters. The Bertz CT molecular complexity index is 889. The fraction of sp³-hybridized carbons (Fsp3) is 0.0526. The molecule has 1 heterocycles. The van der Waals surface area contributed by atoms with Crippen molar-refractivity contribution in [3.8, 4) is 0 Å². The van der Waals surface area contributed by atoms with Gasteiger partial charge < -0.3 is 0 Å². The molecule has 3 rings (SSSR count). The molecule has 1 aromatic heterocycles. The molecule has 0 saturated heterocycles. The third-order valence-electron chi connectivity index (χ3n) is 3.40. The lowest BCUT2D eigenvalue weighted by Crippen LogP contribution is -2.09. The van der Waals surface area contributed by atoms with Crippen LogP contribution in [0.5, 0.6) is 0 Å². The molecule has 0 spiro atoms. The molecule has 0 amide bonds. The van der Waals surface area contributed by atoms with E-state index < -0.39 is 0 Å². The molecule has 0 aliphatic rings. The van der Waals surface area contributed by atoms with Crippen LogP contribution in [0.4, 0.5) is 0 Å². The number of thioether (sulfide) groups is 1. The fourth-order valence-electron chi connectivity index (χ4n) is 2.12. The first kappa shape index (κ1) is 16.9. The highest BCUT2D eigenvalue weighted by Gasteiger charge is 2.13. The Morgan fingerprint density at radius 1 is 1.00 bits per heavy atom. The van der Waals surface area contributed by atoms with Crippen molar-refractivity contribution in [3.63, 3.8) is 0 Å². The van der Waals surface area contributed by atoms with Crippen LogP contribution in [-0.2, 0) is 0 Å². The second kappa shape index (κ2) is 8.21. The molecular formula is C19H15N3O2S. The van der Waals surface area contributed by atoms with Crippen LogP contribution in [0.25, 0.3) is 6.08 Å². The molecule has 0 aliphatic heterocycles. The van der Waals surface area contributed by atoms with Crippen LogP contribution in [0.3, 0.4) is 0 Å². The summed E-state index contributed by atoms with van der Waals surface area (Å²) < 4.78 is 1.34. The molecule has 25 heavy (non-hydrogen) atoms. The van der Waals surface area contributed by atoms with Crippen LogP contribution in [0.1, 0.15) is 20.7 Å². The Morgan fingerprint density at radius 3 is 2.40 bits per heavy atom. The van der Waals surface area contributed by atoms with Gasteiger partial charge in [0.1, 0.15) is 6.33 Å². The second-order valence-electron chi connectivity index (χ2n) is 5.14. The minimum absolute atomic E-state index is 0.0209. The Balaban J connectivity index is 1.65. The van der Waals surface area contributed by atoms with Crippen molar-refractivity contribution in [3.05, 3.63) is 84.2 Å². The highest BCUT2D eigenvalue weighted by Crippen LogP contribution is 2.17. The van der Waals surface area contributed by atoms with Gasteiger partial charge in [0.05, 0.1) is 5.75 Å². The number of rotatable bonds is 6. The number of nitrogens with zero attached hydrogens (tertiary/aromatic N) is 3. The smallest absolute Gasteiger partial charge is 0.258 e. The summed E-state index contributed by atoms with van der Waals surface area (Å²) in [5.74, 6) is -0.0887. The van der Waals surface area contributed by atoms with Gasteiger partial charge in [-0.2, -0.15) is 0 Å². The number of carbonyl (C=O) groups is 2. The van der Waals surface area contributed by atoms with Crippen LogP contribution in [0.15, 0.2) is 78.2 Å². The molecule has 0 atom stereocenters. The standard InChI is InChI=1S/C19H15N3O2S/c23-17(16-9-5-2-6-10-16)13-25-19-21-20-14-22(19)18(24)12-11-15-7-3-1-4-8-15/h1-12,14H,13H2/b12-11+. The predicted octanol–water partition coefficient (Wildman–Crippen LogP) is 3.61. The van der Waals surface area contributed by atoms with E-state index in [1.807, 2.05) is 48.5 Å². The summed E-state index contributed by atoms with van der Waals surface area (Å²) in [4.78, 5) is 24.5. The summed E-state index contributed by atoms with van der Waals surface area (Å²) in [6.07, 6.45) is 4.54. The zero-order chi connectivity index (χ0) is 17.5. The van der Waals surface area contributed by atoms with Gasteiger partial charge in [0.15, 0.2) is 10.9 Å². The van der Waals surface area contributed by atoms with E-state index in [9.17, 15) is 9.59 Å². The molecule has 6 heteroatoms. The highest BCUT2D eigenvalue weighted by molar-refractivity contribution is 7.99. The van der Waals surface area contributed by atoms with Crippen LogP contribution in [0.2, 0.25) is 0 Å². The number of ketones is 1. The zero-order valence-electron chi connectivity index (χ0n) is 13.3. The lowest BCUT2D eigenvalue weighted by Gasteiger charge is -2.02. The number of carbonyl (C=O) groups excluding carboxylic acids is 2. The van der Waals surface area contributed by atoms with Crippen molar-refractivity contribution >= 4 is 29.5 Å². The van der Waals surface area contributed by atoms with E-state index in [0.29, 0.717) is 10.7 Å². The van der Waals surface area contributed by atoms with Gasteiger partial charge in [-0.1, -0.05) is 72.4 Å². The largest absolute Gasteiger partial charge is 0.293 e. The quantitative estimate of drug-likeness (QED) is 0.386. The van der Waals surface area contributed by atoms with E-state index in [1.54, 1.807) is 18.2 Å². The van der Waals surface area contributed by atoms with Crippen LogP contribution in [0, 0.1) is 0 Å². The summed E-state index contributed by atoms with van der Waals surface area (Å²) in [5, 5.41) is 8.10. The average molecular weight is 349 g/mol. The lowest BCUT2D eigenvalue weighted by atomic mass is 10.2. The first-order valence-corrected chi connectivity index (χ1v) is 8.61. The Hall–Kier alpha value is -2.99. The van der Waals surface area contributed by atoms with Gasteiger partial charge >= 0.3 is 0 Å². The lowest BCUT2D eigenvalue weighted by molar-refractivity contribution is 0.0957. The fourth-order valence-corrected chi connectivity index (χ4v) is 2.93. The Kier molecular flexibility index (Phi) is 5.53. The molecule has 2 aromatic carbocycles. The normalized spacial score (nSPS) is 10.9. The highest BCUT2D eigenvalue weighted by atomic mass is 32.2. The van der Waals surface area contributed by atoms with Crippen molar-refractivity contribution < 1.29 is 9.59 Å². The van der Waals surface area contributed by atoms with E-state index in [4.69, 9.17) is 0 Å². The molecule has 0 aliphatic carbocycles. The van der Waals surface area contributed by atoms with E-state index in [1.165, 1.54) is 28.7 Å². The molecule has 0 bridgehead atoms. The third kappa shape index (κ3) is 4.51. The number of aromatic nitrogens is 3. The van der Waals surface area contributed by atoms with Gasteiger partial charge in [0.25, 0.3) is 5.91 Å². The summed E-state index contributed by atoms with van der Waals surface area (Å²) in [6, 6.07) is 18.6.